The van der Waals surface area contributed by atoms with Crippen molar-refractivity contribution < 1.29 is 9.53 Å². The lowest BCUT2D eigenvalue weighted by Gasteiger charge is -2.14. The van der Waals surface area contributed by atoms with Gasteiger partial charge in [0.2, 0.25) is 0 Å². The first kappa shape index (κ1) is 16.3. The van der Waals surface area contributed by atoms with Crippen molar-refractivity contribution in [1.29, 1.82) is 0 Å². The fourth-order valence-corrected chi connectivity index (χ4v) is 2.24. The van der Waals surface area contributed by atoms with Gasteiger partial charge in [-0.3, -0.25) is 9.78 Å². The molecule has 2 aromatic rings. The molecule has 116 valence electrons. The Labute approximate surface area is 135 Å². The highest BCUT2D eigenvalue weighted by Gasteiger charge is 2.15. The number of halogens is 1. The van der Waals surface area contributed by atoms with E-state index in [0.717, 1.165) is 12.0 Å². The maximum atomic E-state index is 12.2. The van der Waals surface area contributed by atoms with Crippen LogP contribution in [-0.2, 0) is 0 Å². The molecule has 0 spiro atoms. The first-order chi connectivity index (χ1) is 10.6. The number of rotatable bonds is 5. The van der Waals surface area contributed by atoms with Crippen molar-refractivity contribution in [2.75, 3.05) is 7.11 Å². The van der Waals surface area contributed by atoms with Crippen LogP contribution in [0.3, 0.4) is 0 Å². The van der Waals surface area contributed by atoms with Gasteiger partial charge in [0.1, 0.15) is 5.75 Å². The van der Waals surface area contributed by atoms with E-state index >= 15 is 0 Å². The van der Waals surface area contributed by atoms with Crippen molar-refractivity contribution in [1.82, 2.24) is 10.3 Å². The molecule has 1 heterocycles. The third-order valence-corrected chi connectivity index (χ3v) is 3.77. The Morgan fingerprint density at radius 1 is 1.41 bits per heavy atom. The van der Waals surface area contributed by atoms with E-state index in [0.29, 0.717) is 22.0 Å². The third kappa shape index (κ3) is 3.57. The number of nitrogens with zero attached hydrogens (tertiary/aromatic N) is 1. The summed E-state index contributed by atoms with van der Waals surface area (Å²) in [5.74, 6) is 0.448. The molecule has 0 aliphatic carbocycles. The van der Waals surface area contributed by atoms with Gasteiger partial charge in [-0.05, 0) is 43.7 Å². The molecule has 1 N–H and O–H groups in total. The van der Waals surface area contributed by atoms with Crippen LogP contribution in [0.4, 0.5) is 0 Å². The number of pyridine rings is 1. The maximum absolute atomic E-state index is 12.2. The number of carbonyl (C=O) groups excluding carboxylic acids is 1. The number of hydrogen-bond donors (Lipinski definition) is 1. The minimum absolute atomic E-state index is 0.119. The van der Waals surface area contributed by atoms with E-state index in [1.807, 2.05) is 13.8 Å². The number of amides is 1. The summed E-state index contributed by atoms with van der Waals surface area (Å²) in [5.41, 5.74) is 1.94. The van der Waals surface area contributed by atoms with Crippen molar-refractivity contribution in [3.63, 3.8) is 0 Å². The summed E-state index contributed by atoms with van der Waals surface area (Å²) >= 11 is 6.18. The Bertz CT molecular complexity index is 673. The number of aromatic nitrogens is 1. The molecule has 5 heteroatoms. The van der Waals surface area contributed by atoms with Gasteiger partial charge in [0, 0.05) is 23.4 Å². The molecule has 4 nitrogen and oxygen atoms in total. The second kappa shape index (κ2) is 7.27. The molecule has 1 aromatic heterocycles. The Hall–Kier alpha value is -2.07. The molecule has 22 heavy (non-hydrogen) atoms. The van der Waals surface area contributed by atoms with E-state index in [9.17, 15) is 4.79 Å². The van der Waals surface area contributed by atoms with Gasteiger partial charge >= 0.3 is 0 Å². The molecule has 0 saturated carbocycles. The number of ether oxygens (including phenoxy) is 1. The van der Waals surface area contributed by atoms with E-state index in [2.05, 4.69) is 10.3 Å². The highest BCUT2D eigenvalue weighted by Crippen LogP contribution is 2.33. The quantitative estimate of drug-likeness (QED) is 0.908. The van der Waals surface area contributed by atoms with Gasteiger partial charge < -0.3 is 10.1 Å². The summed E-state index contributed by atoms with van der Waals surface area (Å²) in [6.45, 7) is 3.99. The lowest BCUT2D eigenvalue weighted by Crippen LogP contribution is -2.31. The average molecular weight is 319 g/mol. The summed E-state index contributed by atoms with van der Waals surface area (Å²) in [4.78, 5) is 16.5. The SMILES string of the molecule is CCC(C)NC(=O)c1ccc(-c2ncccc2Cl)c(OC)c1. The van der Waals surface area contributed by atoms with Gasteiger partial charge in [0.15, 0.2) is 0 Å². The fraction of sp³-hybridized carbons (Fsp3) is 0.294. The summed E-state index contributed by atoms with van der Waals surface area (Å²) in [7, 11) is 1.56. The van der Waals surface area contributed by atoms with E-state index in [1.54, 1.807) is 43.6 Å². The van der Waals surface area contributed by atoms with Crippen molar-refractivity contribution >= 4 is 17.5 Å². The largest absolute Gasteiger partial charge is 0.496 e. The normalized spacial score (nSPS) is 11.8. The van der Waals surface area contributed by atoms with E-state index in [4.69, 9.17) is 16.3 Å². The van der Waals surface area contributed by atoms with E-state index < -0.39 is 0 Å². The molecule has 2 rings (SSSR count). The minimum atomic E-state index is -0.119. The summed E-state index contributed by atoms with van der Waals surface area (Å²) in [5, 5.41) is 3.47. The van der Waals surface area contributed by atoms with Crippen LogP contribution in [0.1, 0.15) is 30.6 Å². The summed E-state index contributed by atoms with van der Waals surface area (Å²) in [6, 6.07) is 8.93. The van der Waals surface area contributed by atoms with Gasteiger partial charge in [-0.1, -0.05) is 18.5 Å². The first-order valence-electron chi connectivity index (χ1n) is 7.16. The van der Waals surface area contributed by atoms with Crippen molar-refractivity contribution in [3.8, 4) is 17.0 Å². The van der Waals surface area contributed by atoms with Crippen LogP contribution >= 0.6 is 11.6 Å². The molecule has 1 atom stereocenters. The molecule has 1 amide bonds. The molecule has 0 radical (unpaired) electrons. The van der Waals surface area contributed by atoms with Crippen LogP contribution in [0, 0.1) is 0 Å². The molecule has 0 saturated heterocycles. The number of hydrogen-bond acceptors (Lipinski definition) is 3. The number of benzene rings is 1. The minimum Gasteiger partial charge on any atom is -0.496 e. The zero-order chi connectivity index (χ0) is 16.1. The lowest BCUT2D eigenvalue weighted by molar-refractivity contribution is 0.0939. The van der Waals surface area contributed by atoms with Gasteiger partial charge in [-0.15, -0.1) is 0 Å². The number of nitrogens with one attached hydrogen (secondary N) is 1. The predicted octanol–water partition coefficient (Wildman–Crippen LogP) is 3.94. The van der Waals surface area contributed by atoms with Gasteiger partial charge in [0.05, 0.1) is 17.8 Å². The molecular weight excluding hydrogens is 300 g/mol. The molecule has 0 aliphatic rings. The zero-order valence-corrected chi connectivity index (χ0v) is 13.6. The van der Waals surface area contributed by atoms with E-state index in [1.165, 1.54) is 0 Å². The highest BCUT2D eigenvalue weighted by molar-refractivity contribution is 6.33. The Balaban J connectivity index is 2.36. The van der Waals surface area contributed by atoms with Crippen LogP contribution in [0.2, 0.25) is 5.02 Å². The number of methoxy groups -OCH3 is 1. The van der Waals surface area contributed by atoms with Crippen molar-refractivity contribution in [2.24, 2.45) is 0 Å². The van der Waals surface area contributed by atoms with Gasteiger partial charge in [0.25, 0.3) is 5.91 Å². The molecule has 1 aromatic carbocycles. The average Bonchev–Trinajstić information content (AvgIpc) is 2.54. The molecule has 0 bridgehead atoms. The van der Waals surface area contributed by atoms with Crippen molar-refractivity contribution in [2.45, 2.75) is 26.3 Å². The molecule has 0 aliphatic heterocycles. The van der Waals surface area contributed by atoms with Gasteiger partial charge in [-0.2, -0.15) is 0 Å². The third-order valence-electron chi connectivity index (χ3n) is 3.47. The van der Waals surface area contributed by atoms with Crippen LogP contribution in [0.5, 0.6) is 5.75 Å². The topological polar surface area (TPSA) is 51.2 Å². The molecule has 0 fully saturated rings. The smallest absolute Gasteiger partial charge is 0.251 e. The standard InChI is InChI=1S/C17H19ClN2O2/c1-4-11(2)20-17(21)12-7-8-13(15(10-12)22-3)16-14(18)6-5-9-19-16/h5-11H,4H2,1-3H3,(H,20,21). The fourth-order valence-electron chi connectivity index (χ4n) is 2.02. The summed E-state index contributed by atoms with van der Waals surface area (Å²) < 4.78 is 5.40. The first-order valence-corrected chi connectivity index (χ1v) is 7.54. The Morgan fingerprint density at radius 3 is 2.82 bits per heavy atom. The van der Waals surface area contributed by atoms with Crippen LogP contribution < -0.4 is 10.1 Å². The second-order valence-electron chi connectivity index (χ2n) is 5.03. The predicted molar refractivity (Wildman–Crippen MR) is 88.5 cm³/mol. The highest BCUT2D eigenvalue weighted by atomic mass is 35.5. The Kier molecular flexibility index (Phi) is 5.39. The lowest BCUT2D eigenvalue weighted by atomic mass is 10.1. The van der Waals surface area contributed by atoms with E-state index in [-0.39, 0.29) is 11.9 Å². The van der Waals surface area contributed by atoms with Crippen LogP contribution in [-0.4, -0.2) is 24.0 Å². The zero-order valence-electron chi connectivity index (χ0n) is 12.9. The van der Waals surface area contributed by atoms with Crippen LogP contribution in [0.15, 0.2) is 36.5 Å². The number of carbonyl (C=O) groups is 1. The van der Waals surface area contributed by atoms with Crippen molar-refractivity contribution in [3.05, 3.63) is 47.1 Å². The maximum Gasteiger partial charge on any atom is 0.251 e. The second-order valence-corrected chi connectivity index (χ2v) is 5.44. The summed E-state index contributed by atoms with van der Waals surface area (Å²) in [6.07, 6.45) is 2.55. The van der Waals surface area contributed by atoms with Crippen LogP contribution in [0.25, 0.3) is 11.3 Å². The monoisotopic (exact) mass is 318 g/mol. The molecule has 1 unspecified atom stereocenters. The molecular formula is C17H19ClN2O2. The van der Waals surface area contributed by atoms with Gasteiger partial charge in [-0.25, -0.2) is 0 Å². The Morgan fingerprint density at radius 2 is 2.18 bits per heavy atom.